The summed E-state index contributed by atoms with van der Waals surface area (Å²) in [7, 11) is 1.64. The molecule has 1 aromatic carbocycles. The Morgan fingerprint density at radius 3 is 2.14 bits per heavy atom. The summed E-state index contributed by atoms with van der Waals surface area (Å²) < 4.78 is 5.17. The lowest BCUT2D eigenvalue weighted by Gasteiger charge is -2.35. The first-order chi connectivity index (χ1) is 9.72. The number of ether oxygens (including phenoxy) is 1. The number of rotatable bonds is 4. The van der Waals surface area contributed by atoms with E-state index in [4.69, 9.17) is 4.74 Å². The molecule has 0 aliphatic heterocycles. The summed E-state index contributed by atoms with van der Waals surface area (Å²) in [6, 6.07) is 7.59. The predicted molar refractivity (Wildman–Crippen MR) is 88.2 cm³/mol. The van der Waals surface area contributed by atoms with E-state index in [0.717, 1.165) is 24.2 Å². The average molecular weight is 288 g/mol. The van der Waals surface area contributed by atoms with Crippen LogP contribution in [0.25, 0.3) is 0 Å². The van der Waals surface area contributed by atoms with Crippen molar-refractivity contribution in [3.05, 3.63) is 29.8 Å². The molecule has 0 aliphatic carbocycles. The van der Waals surface area contributed by atoms with Gasteiger partial charge in [-0.1, -0.05) is 45.7 Å². The van der Waals surface area contributed by atoms with Gasteiger partial charge in [0.2, 0.25) is 0 Å². The Morgan fingerprint density at radius 2 is 1.71 bits per heavy atom. The van der Waals surface area contributed by atoms with E-state index < -0.39 is 11.5 Å². The van der Waals surface area contributed by atoms with Crippen LogP contribution in [0.2, 0.25) is 0 Å². The molecule has 0 aromatic heterocycles. The molecule has 0 amide bonds. The van der Waals surface area contributed by atoms with Crippen LogP contribution in [0.3, 0.4) is 0 Å². The fourth-order valence-corrected chi connectivity index (χ4v) is 2.76. The van der Waals surface area contributed by atoms with Crippen molar-refractivity contribution in [2.45, 2.75) is 53.6 Å². The van der Waals surface area contributed by atoms with E-state index in [1.54, 1.807) is 7.11 Å². The number of hydrogen-bond donors (Lipinski definition) is 1. The van der Waals surface area contributed by atoms with Crippen LogP contribution in [0.15, 0.2) is 24.3 Å². The molecule has 0 spiro atoms. The van der Waals surface area contributed by atoms with Gasteiger partial charge in [0.15, 0.2) is 0 Å². The van der Waals surface area contributed by atoms with Crippen LogP contribution in [0.4, 0.5) is 0 Å². The minimum Gasteiger partial charge on any atom is -0.497 e. The predicted octanol–water partition coefficient (Wildman–Crippen LogP) is 4.58. The molecule has 2 heteroatoms. The Morgan fingerprint density at radius 1 is 1.14 bits per heavy atom. The minimum atomic E-state index is -0.610. The molecule has 21 heavy (non-hydrogen) atoms. The van der Waals surface area contributed by atoms with Gasteiger partial charge in [-0.15, -0.1) is 5.92 Å². The highest BCUT2D eigenvalue weighted by atomic mass is 16.5. The lowest BCUT2D eigenvalue weighted by molar-refractivity contribution is 0.0470. The monoisotopic (exact) mass is 288 g/mol. The third-order valence-corrected chi connectivity index (χ3v) is 3.48. The Bertz CT molecular complexity index is 499. The van der Waals surface area contributed by atoms with E-state index in [-0.39, 0.29) is 5.41 Å². The number of aliphatic hydroxyl groups excluding tert-OH is 1. The molecule has 2 unspecified atom stereocenters. The smallest absolute Gasteiger partial charge is 0.118 e. The van der Waals surface area contributed by atoms with Gasteiger partial charge >= 0.3 is 0 Å². The average Bonchev–Trinajstić information content (AvgIpc) is 2.42. The number of methoxy groups -OCH3 is 1. The van der Waals surface area contributed by atoms with Crippen molar-refractivity contribution >= 4 is 0 Å². The first-order valence-corrected chi connectivity index (χ1v) is 7.54. The van der Waals surface area contributed by atoms with Crippen LogP contribution < -0.4 is 4.74 Å². The summed E-state index contributed by atoms with van der Waals surface area (Å²) in [5, 5.41) is 10.8. The van der Waals surface area contributed by atoms with Gasteiger partial charge < -0.3 is 9.84 Å². The largest absolute Gasteiger partial charge is 0.497 e. The molecule has 0 bridgehead atoms. The van der Waals surface area contributed by atoms with Gasteiger partial charge in [-0.2, -0.15) is 0 Å². The zero-order valence-electron chi connectivity index (χ0n) is 14.2. The Hall–Kier alpha value is -1.46. The van der Waals surface area contributed by atoms with Gasteiger partial charge in [0.25, 0.3) is 0 Å². The van der Waals surface area contributed by atoms with Gasteiger partial charge in [-0.05, 0) is 36.5 Å². The molecule has 2 nitrogen and oxygen atoms in total. The Balaban J connectivity index is 3.11. The maximum atomic E-state index is 10.8. The molecule has 0 radical (unpaired) electrons. The van der Waals surface area contributed by atoms with Crippen LogP contribution in [0.1, 0.15) is 59.1 Å². The molecule has 1 N–H and O–H groups in total. The minimum absolute atomic E-state index is 0.102. The van der Waals surface area contributed by atoms with Crippen molar-refractivity contribution in [2.24, 2.45) is 10.8 Å². The van der Waals surface area contributed by atoms with E-state index in [0.29, 0.717) is 0 Å². The lowest BCUT2D eigenvalue weighted by Crippen LogP contribution is -2.29. The molecule has 0 heterocycles. The molecule has 0 aliphatic rings. The molecular weight excluding hydrogens is 260 g/mol. The summed E-state index contributed by atoms with van der Waals surface area (Å²) in [5.74, 6) is 7.24. The van der Waals surface area contributed by atoms with Gasteiger partial charge in [0.05, 0.1) is 18.6 Å². The Labute approximate surface area is 129 Å². The normalized spacial score (nSPS) is 15.6. The van der Waals surface area contributed by atoms with Crippen LogP contribution in [-0.4, -0.2) is 12.2 Å². The maximum absolute atomic E-state index is 10.8. The molecule has 1 aromatic rings. The highest BCUT2D eigenvalue weighted by Crippen LogP contribution is 2.42. The van der Waals surface area contributed by atoms with Crippen LogP contribution >= 0.6 is 0 Å². The van der Waals surface area contributed by atoms with Crippen molar-refractivity contribution in [1.29, 1.82) is 0 Å². The van der Waals surface area contributed by atoms with Crippen molar-refractivity contribution in [1.82, 2.24) is 0 Å². The van der Waals surface area contributed by atoms with E-state index in [9.17, 15) is 5.11 Å². The molecule has 116 valence electrons. The summed E-state index contributed by atoms with van der Waals surface area (Å²) >= 11 is 0. The van der Waals surface area contributed by atoms with Gasteiger partial charge in [-0.25, -0.2) is 0 Å². The van der Waals surface area contributed by atoms with Crippen LogP contribution in [0.5, 0.6) is 5.75 Å². The highest BCUT2D eigenvalue weighted by Gasteiger charge is 2.36. The second-order valence-corrected chi connectivity index (χ2v) is 6.99. The number of hydrogen-bond acceptors (Lipinski definition) is 2. The van der Waals surface area contributed by atoms with Crippen molar-refractivity contribution in [3.8, 4) is 17.6 Å². The number of aliphatic hydroxyl groups is 1. The number of benzene rings is 1. The van der Waals surface area contributed by atoms with Crippen LogP contribution in [-0.2, 0) is 0 Å². The second-order valence-electron chi connectivity index (χ2n) is 6.99. The van der Waals surface area contributed by atoms with E-state index in [2.05, 4.69) is 39.5 Å². The topological polar surface area (TPSA) is 29.5 Å². The zero-order valence-corrected chi connectivity index (χ0v) is 14.2. The molecule has 0 fully saturated rings. The third kappa shape index (κ3) is 5.10. The summed E-state index contributed by atoms with van der Waals surface area (Å²) in [6.07, 6.45) is 1.02. The van der Waals surface area contributed by atoms with E-state index >= 15 is 0 Å². The molecule has 1 rings (SSSR count). The third-order valence-electron chi connectivity index (χ3n) is 3.48. The summed E-state index contributed by atoms with van der Waals surface area (Å²) in [6.45, 7) is 10.6. The van der Waals surface area contributed by atoms with Gasteiger partial charge in [0, 0.05) is 6.42 Å². The Kier molecular flexibility index (Phi) is 5.87. The molecule has 0 saturated carbocycles. The van der Waals surface area contributed by atoms with Crippen molar-refractivity contribution in [3.63, 3.8) is 0 Å². The molecule has 2 atom stereocenters. The van der Waals surface area contributed by atoms with Crippen LogP contribution in [0, 0.1) is 22.7 Å². The first kappa shape index (κ1) is 17.6. The van der Waals surface area contributed by atoms with E-state index in [1.807, 2.05) is 31.2 Å². The lowest BCUT2D eigenvalue weighted by atomic mass is 9.70. The standard InChI is InChI=1S/C19H28O2/c1-7-8-13-19(5,14-18(2,3)4)17(20)15-9-11-16(21-6)12-10-15/h9-12,17,20H,7,14H2,1-6H3. The van der Waals surface area contributed by atoms with Gasteiger partial charge in [0.1, 0.15) is 5.75 Å². The molecular formula is C19H28O2. The highest BCUT2D eigenvalue weighted by molar-refractivity contribution is 5.31. The fraction of sp³-hybridized carbons (Fsp3) is 0.579. The zero-order chi connectivity index (χ0) is 16.1. The van der Waals surface area contributed by atoms with E-state index in [1.165, 1.54) is 0 Å². The second kappa shape index (κ2) is 7.00. The van der Waals surface area contributed by atoms with Crippen molar-refractivity contribution < 1.29 is 9.84 Å². The first-order valence-electron chi connectivity index (χ1n) is 7.54. The van der Waals surface area contributed by atoms with Crippen molar-refractivity contribution in [2.75, 3.05) is 7.11 Å². The summed E-state index contributed by atoms with van der Waals surface area (Å²) in [4.78, 5) is 0. The fourth-order valence-electron chi connectivity index (χ4n) is 2.76. The SMILES string of the molecule is CCC#CC(C)(CC(C)(C)C)C(O)c1ccc(OC)cc1. The quantitative estimate of drug-likeness (QED) is 0.821. The molecule has 0 saturated heterocycles. The maximum Gasteiger partial charge on any atom is 0.118 e. The van der Waals surface area contributed by atoms with Gasteiger partial charge in [-0.3, -0.25) is 0 Å². The summed E-state index contributed by atoms with van der Waals surface area (Å²) in [5.41, 5.74) is 0.529.